The summed E-state index contributed by atoms with van der Waals surface area (Å²) >= 11 is 0. The maximum Gasteiger partial charge on any atom is 0.228 e. The molecule has 4 nitrogen and oxygen atoms in total. The molecule has 0 spiro atoms. The first-order valence-electron chi connectivity index (χ1n) is 8.64. The molecular formula is C20H25N3O. The molecule has 24 heavy (non-hydrogen) atoms. The van der Waals surface area contributed by atoms with Gasteiger partial charge in [-0.3, -0.25) is 4.79 Å². The van der Waals surface area contributed by atoms with E-state index in [2.05, 4.69) is 22.3 Å². The molecule has 0 radical (unpaired) electrons. The summed E-state index contributed by atoms with van der Waals surface area (Å²) < 4.78 is 0. The van der Waals surface area contributed by atoms with E-state index in [0.717, 1.165) is 24.2 Å². The van der Waals surface area contributed by atoms with Gasteiger partial charge in [0.15, 0.2) is 0 Å². The fourth-order valence-electron chi connectivity index (χ4n) is 3.07. The lowest BCUT2D eigenvalue weighted by Gasteiger charge is -2.14. The quantitative estimate of drug-likeness (QED) is 0.803. The Morgan fingerprint density at radius 2 is 1.58 bits per heavy atom. The molecule has 0 aromatic heterocycles. The molecule has 0 unspecified atom stereocenters. The van der Waals surface area contributed by atoms with E-state index in [1.165, 1.54) is 31.5 Å². The van der Waals surface area contributed by atoms with E-state index >= 15 is 0 Å². The van der Waals surface area contributed by atoms with E-state index in [1.807, 2.05) is 36.4 Å². The molecule has 4 heteroatoms. The Hall–Kier alpha value is -2.33. The highest BCUT2D eigenvalue weighted by molar-refractivity contribution is 5.92. The number of nitrogens with two attached hydrogens (primary N) is 1. The zero-order valence-electron chi connectivity index (χ0n) is 14.0. The number of benzene rings is 2. The van der Waals surface area contributed by atoms with Crippen molar-refractivity contribution >= 4 is 17.3 Å². The van der Waals surface area contributed by atoms with E-state index in [0.29, 0.717) is 12.1 Å². The van der Waals surface area contributed by atoms with Gasteiger partial charge in [-0.1, -0.05) is 24.3 Å². The first kappa shape index (κ1) is 16.5. The summed E-state index contributed by atoms with van der Waals surface area (Å²) in [5.41, 5.74) is 9.50. The van der Waals surface area contributed by atoms with Crippen LogP contribution in [0.2, 0.25) is 0 Å². The Morgan fingerprint density at radius 3 is 2.25 bits per heavy atom. The molecule has 2 aromatic carbocycles. The molecule has 1 fully saturated rings. The topological polar surface area (TPSA) is 58.4 Å². The van der Waals surface area contributed by atoms with Gasteiger partial charge in [0.1, 0.15) is 0 Å². The minimum absolute atomic E-state index is 0.00964. The molecule has 1 aliphatic rings. The number of nitrogen functional groups attached to an aromatic ring is 1. The third-order valence-electron chi connectivity index (χ3n) is 4.50. The summed E-state index contributed by atoms with van der Waals surface area (Å²) in [6.45, 7) is 3.60. The molecule has 3 N–H and O–H groups in total. The largest absolute Gasteiger partial charge is 0.399 e. The number of nitrogens with zero attached hydrogens (tertiary/aromatic N) is 1. The third-order valence-corrected chi connectivity index (χ3v) is 4.50. The number of carbonyl (C=O) groups is 1. The van der Waals surface area contributed by atoms with Crippen LogP contribution in [0.4, 0.5) is 11.4 Å². The van der Waals surface area contributed by atoms with E-state index in [9.17, 15) is 4.79 Å². The van der Waals surface area contributed by atoms with Gasteiger partial charge in [0.2, 0.25) is 5.91 Å². The number of nitrogens with one attached hydrogen (secondary N) is 1. The molecule has 0 saturated carbocycles. The number of amides is 1. The third kappa shape index (κ3) is 4.83. The molecule has 0 bridgehead atoms. The molecule has 3 rings (SSSR count). The number of rotatable bonds is 6. The highest BCUT2D eigenvalue weighted by Gasteiger charge is 2.10. The average Bonchev–Trinajstić information content (AvgIpc) is 3.10. The van der Waals surface area contributed by atoms with Crippen LogP contribution in [0.3, 0.4) is 0 Å². The van der Waals surface area contributed by atoms with Gasteiger partial charge in [0, 0.05) is 17.9 Å². The number of carbonyl (C=O) groups excluding carboxylic acids is 1. The summed E-state index contributed by atoms with van der Waals surface area (Å²) in [7, 11) is 0. The zero-order valence-corrected chi connectivity index (χ0v) is 14.0. The number of likely N-dealkylation sites (tertiary alicyclic amines) is 1. The van der Waals surface area contributed by atoms with Gasteiger partial charge >= 0.3 is 0 Å². The van der Waals surface area contributed by atoms with Gasteiger partial charge < -0.3 is 16.0 Å². The maximum atomic E-state index is 12.1. The standard InChI is InChI=1S/C20H25N3O/c21-18-7-3-17(4-8-18)15-20(24)22-19-9-5-16(6-10-19)11-14-23-12-1-2-13-23/h3-10H,1-2,11-15,21H2,(H,22,24). The van der Waals surface area contributed by atoms with Crippen LogP contribution in [-0.2, 0) is 17.6 Å². The first-order valence-corrected chi connectivity index (χ1v) is 8.64. The molecule has 1 heterocycles. The minimum atomic E-state index is -0.00964. The normalized spacial score (nSPS) is 14.7. The average molecular weight is 323 g/mol. The van der Waals surface area contributed by atoms with Crippen LogP contribution in [0.25, 0.3) is 0 Å². The van der Waals surface area contributed by atoms with Gasteiger partial charge in [-0.2, -0.15) is 0 Å². The summed E-state index contributed by atoms with van der Waals surface area (Å²) in [4.78, 5) is 14.6. The van der Waals surface area contributed by atoms with Crippen LogP contribution in [0, 0.1) is 0 Å². The lowest BCUT2D eigenvalue weighted by atomic mass is 10.1. The number of hydrogen-bond donors (Lipinski definition) is 2. The van der Waals surface area contributed by atoms with Crippen LogP contribution in [-0.4, -0.2) is 30.4 Å². The van der Waals surface area contributed by atoms with Crippen molar-refractivity contribution in [3.05, 3.63) is 59.7 Å². The second-order valence-corrected chi connectivity index (χ2v) is 6.46. The van der Waals surface area contributed by atoms with E-state index in [1.54, 1.807) is 0 Å². The van der Waals surface area contributed by atoms with Crippen LogP contribution < -0.4 is 11.1 Å². The number of hydrogen-bond acceptors (Lipinski definition) is 3. The Balaban J connectivity index is 1.47. The zero-order chi connectivity index (χ0) is 16.8. The SMILES string of the molecule is Nc1ccc(CC(=O)Nc2ccc(CCN3CCCC3)cc2)cc1. The predicted molar refractivity (Wildman–Crippen MR) is 99.0 cm³/mol. The minimum Gasteiger partial charge on any atom is -0.399 e. The number of anilines is 2. The molecule has 1 saturated heterocycles. The van der Waals surface area contributed by atoms with Gasteiger partial charge in [-0.05, 0) is 67.7 Å². The van der Waals surface area contributed by atoms with E-state index < -0.39 is 0 Å². The van der Waals surface area contributed by atoms with Crippen molar-refractivity contribution in [2.24, 2.45) is 0 Å². The van der Waals surface area contributed by atoms with Crippen molar-refractivity contribution in [1.29, 1.82) is 0 Å². The second-order valence-electron chi connectivity index (χ2n) is 6.46. The second kappa shape index (κ2) is 7.97. The highest BCUT2D eigenvalue weighted by atomic mass is 16.1. The van der Waals surface area contributed by atoms with Gasteiger partial charge in [-0.25, -0.2) is 0 Å². The Kier molecular flexibility index (Phi) is 5.49. The van der Waals surface area contributed by atoms with E-state index in [4.69, 9.17) is 5.73 Å². The molecule has 0 atom stereocenters. The molecule has 0 aliphatic carbocycles. The predicted octanol–water partition coefficient (Wildman–Crippen LogP) is 3.09. The monoisotopic (exact) mass is 323 g/mol. The maximum absolute atomic E-state index is 12.1. The summed E-state index contributed by atoms with van der Waals surface area (Å²) in [5.74, 6) is -0.00964. The van der Waals surface area contributed by atoms with Crippen molar-refractivity contribution in [1.82, 2.24) is 4.90 Å². The van der Waals surface area contributed by atoms with Crippen LogP contribution in [0.1, 0.15) is 24.0 Å². The van der Waals surface area contributed by atoms with Crippen LogP contribution in [0.5, 0.6) is 0 Å². The highest BCUT2D eigenvalue weighted by Crippen LogP contribution is 2.13. The van der Waals surface area contributed by atoms with Crippen molar-refractivity contribution in [2.75, 3.05) is 30.7 Å². The van der Waals surface area contributed by atoms with Gasteiger partial charge in [0.05, 0.1) is 6.42 Å². The Labute approximate surface area is 143 Å². The summed E-state index contributed by atoms with van der Waals surface area (Å²) in [6.07, 6.45) is 4.09. The molecule has 1 aliphatic heterocycles. The lowest BCUT2D eigenvalue weighted by molar-refractivity contribution is -0.115. The van der Waals surface area contributed by atoms with Crippen molar-refractivity contribution < 1.29 is 4.79 Å². The molecule has 1 amide bonds. The van der Waals surface area contributed by atoms with Crippen LogP contribution in [0.15, 0.2) is 48.5 Å². The van der Waals surface area contributed by atoms with Crippen molar-refractivity contribution in [3.8, 4) is 0 Å². The molecular weight excluding hydrogens is 298 g/mol. The molecule has 2 aromatic rings. The summed E-state index contributed by atoms with van der Waals surface area (Å²) in [5, 5.41) is 2.95. The lowest BCUT2D eigenvalue weighted by Crippen LogP contribution is -2.21. The van der Waals surface area contributed by atoms with Crippen LogP contribution >= 0.6 is 0 Å². The Bertz CT molecular complexity index is 658. The van der Waals surface area contributed by atoms with Gasteiger partial charge in [-0.15, -0.1) is 0 Å². The fraction of sp³-hybridized carbons (Fsp3) is 0.350. The first-order chi connectivity index (χ1) is 11.7. The van der Waals surface area contributed by atoms with E-state index in [-0.39, 0.29) is 5.91 Å². The molecule has 126 valence electrons. The van der Waals surface area contributed by atoms with Crippen molar-refractivity contribution in [3.63, 3.8) is 0 Å². The van der Waals surface area contributed by atoms with Gasteiger partial charge in [0.25, 0.3) is 0 Å². The fourth-order valence-corrected chi connectivity index (χ4v) is 3.07. The summed E-state index contributed by atoms with van der Waals surface area (Å²) in [6, 6.07) is 15.6. The van der Waals surface area contributed by atoms with Crippen molar-refractivity contribution in [2.45, 2.75) is 25.7 Å². The smallest absolute Gasteiger partial charge is 0.228 e. The Morgan fingerprint density at radius 1 is 0.958 bits per heavy atom.